The maximum Gasteiger partial charge on any atom is 0.257 e. The molecule has 0 aliphatic carbocycles. The Morgan fingerprint density at radius 1 is 0.875 bits per heavy atom. The van der Waals surface area contributed by atoms with E-state index in [9.17, 15) is 4.79 Å². The third kappa shape index (κ3) is 2.92. The monoisotopic (exact) mass is 330 g/mol. The van der Waals surface area contributed by atoms with Crippen LogP contribution in [0.5, 0.6) is 0 Å². The van der Waals surface area contributed by atoms with E-state index >= 15 is 0 Å². The van der Waals surface area contributed by atoms with E-state index in [2.05, 4.69) is 40.6 Å². The maximum absolute atomic E-state index is 12.4. The van der Waals surface area contributed by atoms with E-state index in [-0.39, 0.29) is 5.91 Å². The summed E-state index contributed by atoms with van der Waals surface area (Å²) in [5.74, 6) is -0.146. The van der Waals surface area contributed by atoms with Crippen molar-refractivity contribution in [3.8, 4) is 11.1 Å². The molecule has 4 heteroatoms. The van der Waals surface area contributed by atoms with Gasteiger partial charge < -0.3 is 0 Å². The maximum atomic E-state index is 12.4. The van der Waals surface area contributed by atoms with Crippen molar-refractivity contribution in [2.24, 2.45) is 0 Å². The number of amides is 1. The van der Waals surface area contributed by atoms with Crippen molar-refractivity contribution in [3.63, 3.8) is 0 Å². The highest BCUT2D eigenvalue weighted by molar-refractivity contribution is 7.13. The Morgan fingerprint density at radius 2 is 1.71 bits per heavy atom. The molecule has 0 unspecified atom stereocenters. The number of hydrogen-bond acceptors (Lipinski definition) is 3. The van der Waals surface area contributed by atoms with Crippen LogP contribution in [0.25, 0.3) is 21.9 Å². The van der Waals surface area contributed by atoms with Crippen LogP contribution in [0.2, 0.25) is 0 Å². The lowest BCUT2D eigenvalue weighted by Crippen LogP contribution is -2.11. The van der Waals surface area contributed by atoms with E-state index in [0.29, 0.717) is 10.7 Å². The van der Waals surface area contributed by atoms with Gasteiger partial charge in [0.05, 0.1) is 0 Å². The number of anilines is 1. The second-order valence-electron chi connectivity index (χ2n) is 5.43. The lowest BCUT2D eigenvalue weighted by Gasteiger charge is -2.07. The van der Waals surface area contributed by atoms with Crippen LogP contribution < -0.4 is 5.32 Å². The van der Waals surface area contributed by atoms with E-state index < -0.39 is 0 Å². The Hall–Kier alpha value is -2.98. The van der Waals surface area contributed by atoms with Crippen molar-refractivity contribution in [1.29, 1.82) is 0 Å². The third-order valence-electron chi connectivity index (χ3n) is 3.86. The van der Waals surface area contributed by atoms with Crippen molar-refractivity contribution < 1.29 is 4.79 Å². The molecule has 0 aliphatic rings. The highest BCUT2D eigenvalue weighted by atomic mass is 32.1. The number of nitrogens with one attached hydrogen (secondary N) is 1. The predicted molar refractivity (Wildman–Crippen MR) is 99.5 cm³/mol. The third-order valence-corrected chi connectivity index (χ3v) is 4.55. The first-order chi connectivity index (χ1) is 11.8. The van der Waals surface area contributed by atoms with Crippen LogP contribution in [0.4, 0.5) is 5.13 Å². The minimum Gasteiger partial charge on any atom is -0.298 e. The summed E-state index contributed by atoms with van der Waals surface area (Å²) < 4.78 is 0. The number of carbonyl (C=O) groups is 1. The lowest BCUT2D eigenvalue weighted by molar-refractivity contribution is 0.102. The predicted octanol–water partition coefficient (Wildman–Crippen LogP) is 5.22. The number of thiazole rings is 1. The topological polar surface area (TPSA) is 42.0 Å². The van der Waals surface area contributed by atoms with Crippen LogP contribution >= 0.6 is 11.3 Å². The number of hydrogen-bond donors (Lipinski definition) is 1. The van der Waals surface area contributed by atoms with Gasteiger partial charge in [0.2, 0.25) is 0 Å². The molecule has 4 aromatic rings. The number of aromatic nitrogens is 1. The first-order valence-corrected chi connectivity index (χ1v) is 8.48. The van der Waals surface area contributed by atoms with Gasteiger partial charge in [-0.2, -0.15) is 0 Å². The Kier molecular flexibility index (Phi) is 3.81. The zero-order chi connectivity index (χ0) is 16.4. The molecule has 0 saturated heterocycles. The summed E-state index contributed by atoms with van der Waals surface area (Å²) in [5.41, 5.74) is 2.74. The Morgan fingerprint density at radius 3 is 2.54 bits per heavy atom. The molecule has 0 fully saturated rings. The van der Waals surface area contributed by atoms with Crippen LogP contribution in [0.1, 0.15) is 10.4 Å². The zero-order valence-corrected chi connectivity index (χ0v) is 13.6. The summed E-state index contributed by atoms with van der Waals surface area (Å²) in [5, 5.41) is 7.65. The number of fused-ring (bicyclic) bond motifs is 1. The van der Waals surface area contributed by atoms with Crippen molar-refractivity contribution in [2.75, 3.05) is 5.32 Å². The van der Waals surface area contributed by atoms with Crippen LogP contribution in [0, 0.1) is 0 Å². The molecule has 3 aromatic carbocycles. The molecule has 0 saturated carbocycles. The highest BCUT2D eigenvalue weighted by Gasteiger charge is 2.09. The second kappa shape index (κ2) is 6.26. The van der Waals surface area contributed by atoms with Crippen molar-refractivity contribution in [1.82, 2.24) is 4.98 Å². The molecule has 1 N–H and O–H groups in total. The molecule has 0 aliphatic heterocycles. The molecule has 1 amide bonds. The minimum absolute atomic E-state index is 0.146. The van der Waals surface area contributed by atoms with Gasteiger partial charge >= 0.3 is 0 Å². The van der Waals surface area contributed by atoms with E-state index in [1.165, 1.54) is 22.1 Å². The highest BCUT2D eigenvalue weighted by Crippen LogP contribution is 2.25. The second-order valence-corrected chi connectivity index (χ2v) is 6.33. The molecule has 4 rings (SSSR count). The van der Waals surface area contributed by atoms with E-state index in [1.807, 2.05) is 41.8 Å². The molecule has 1 heterocycles. The number of carbonyl (C=O) groups excluding carboxylic acids is 1. The molecule has 0 atom stereocenters. The zero-order valence-electron chi connectivity index (χ0n) is 12.8. The summed E-state index contributed by atoms with van der Waals surface area (Å²) in [6, 6.07) is 22.2. The Balaban J connectivity index is 1.67. The van der Waals surface area contributed by atoms with E-state index in [0.717, 1.165) is 11.1 Å². The first kappa shape index (κ1) is 14.6. The molecule has 116 valence electrons. The summed E-state index contributed by atoms with van der Waals surface area (Å²) >= 11 is 1.40. The van der Waals surface area contributed by atoms with Crippen LogP contribution in [0.15, 0.2) is 78.3 Å². The minimum atomic E-state index is -0.146. The van der Waals surface area contributed by atoms with Crippen LogP contribution in [0.3, 0.4) is 0 Å². The van der Waals surface area contributed by atoms with Crippen molar-refractivity contribution in [2.45, 2.75) is 0 Å². The lowest BCUT2D eigenvalue weighted by atomic mass is 9.99. The standard InChI is InChI=1S/C20H14N2OS/c23-19(22-20-21-10-11-24-20)18-7-3-6-16(13-18)17-9-8-14-4-1-2-5-15(14)12-17/h1-13H,(H,21,22,23). The average molecular weight is 330 g/mol. The van der Waals surface area contributed by atoms with Gasteiger partial charge in [0, 0.05) is 17.1 Å². The average Bonchev–Trinajstić information content (AvgIpc) is 3.14. The largest absolute Gasteiger partial charge is 0.298 e. The van der Waals surface area contributed by atoms with Gasteiger partial charge in [0.15, 0.2) is 5.13 Å². The summed E-state index contributed by atoms with van der Waals surface area (Å²) in [4.78, 5) is 16.4. The van der Waals surface area contributed by atoms with Gasteiger partial charge in [-0.1, -0.05) is 48.5 Å². The quantitative estimate of drug-likeness (QED) is 0.560. The van der Waals surface area contributed by atoms with Crippen LogP contribution in [-0.2, 0) is 0 Å². The van der Waals surface area contributed by atoms with Crippen molar-refractivity contribution >= 4 is 33.1 Å². The van der Waals surface area contributed by atoms with Crippen molar-refractivity contribution in [3.05, 3.63) is 83.9 Å². The summed E-state index contributed by atoms with van der Waals surface area (Å²) in [6.07, 6.45) is 1.67. The molecule has 24 heavy (non-hydrogen) atoms. The van der Waals surface area contributed by atoms with Gasteiger partial charge in [-0.05, 0) is 40.1 Å². The van der Waals surface area contributed by atoms with Gasteiger partial charge in [0.1, 0.15) is 0 Å². The summed E-state index contributed by atoms with van der Waals surface area (Å²) in [6.45, 7) is 0. The fourth-order valence-electron chi connectivity index (χ4n) is 2.66. The van der Waals surface area contributed by atoms with Gasteiger partial charge in [-0.25, -0.2) is 4.98 Å². The SMILES string of the molecule is O=C(Nc1nccs1)c1cccc(-c2ccc3ccccc3c2)c1. The number of nitrogens with zero attached hydrogens (tertiary/aromatic N) is 1. The van der Waals surface area contributed by atoms with Gasteiger partial charge in [0.25, 0.3) is 5.91 Å². The molecular formula is C20H14N2OS. The summed E-state index contributed by atoms with van der Waals surface area (Å²) in [7, 11) is 0. The number of rotatable bonds is 3. The van der Waals surface area contributed by atoms with E-state index in [4.69, 9.17) is 0 Å². The van der Waals surface area contributed by atoms with Crippen LogP contribution in [-0.4, -0.2) is 10.9 Å². The fourth-order valence-corrected chi connectivity index (χ4v) is 3.19. The molecule has 0 bridgehead atoms. The van der Waals surface area contributed by atoms with Gasteiger partial charge in [-0.3, -0.25) is 10.1 Å². The molecular weight excluding hydrogens is 316 g/mol. The smallest absolute Gasteiger partial charge is 0.257 e. The fraction of sp³-hybridized carbons (Fsp3) is 0. The molecule has 0 spiro atoms. The normalized spacial score (nSPS) is 10.7. The Bertz CT molecular complexity index is 1010. The number of benzene rings is 3. The van der Waals surface area contributed by atoms with Gasteiger partial charge in [-0.15, -0.1) is 11.3 Å². The Labute approximate surface area is 143 Å². The molecule has 1 aromatic heterocycles. The van der Waals surface area contributed by atoms with E-state index in [1.54, 1.807) is 6.20 Å². The molecule has 3 nitrogen and oxygen atoms in total. The first-order valence-electron chi connectivity index (χ1n) is 7.60. The molecule has 0 radical (unpaired) electrons.